The minimum Gasteiger partial charge on any atom is -0.361 e. The van der Waals surface area contributed by atoms with Crippen LogP contribution in [0.3, 0.4) is 0 Å². The molecule has 1 saturated heterocycles. The molecule has 0 unspecified atom stereocenters. The number of hydrogen-bond donors (Lipinski definition) is 3. The third-order valence-corrected chi connectivity index (χ3v) is 4.92. The number of rotatable bonds is 4. The fraction of sp³-hybridized carbons (Fsp3) is 0.261. The van der Waals surface area contributed by atoms with E-state index in [0.29, 0.717) is 0 Å². The first-order valence-corrected chi connectivity index (χ1v) is 9.62. The summed E-state index contributed by atoms with van der Waals surface area (Å²) in [5, 5.41) is 9.68. The lowest BCUT2D eigenvalue weighted by Crippen LogP contribution is -2.18. The second-order valence-corrected chi connectivity index (χ2v) is 7.05. The van der Waals surface area contributed by atoms with E-state index in [2.05, 4.69) is 47.1 Å². The largest absolute Gasteiger partial charge is 0.361 e. The van der Waals surface area contributed by atoms with Gasteiger partial charge >= 0.3 is 0 Å². The van der Waals surface area contributed by atoms with Gasteiger partial charge in [0, 0.05) is 29.7 Å². The number of likely N-dealkylation sites (tertiary alicyclic amines) is 1. The van der Waals surface area contributed by atoms with Crippen molar-refractivity contribution in [2.24, 2.45) is 0 Å². The van der Waals surface area contributed by atoms with Crippen molar-refractivity contribution >= 4 is 22.9 Å². The van der Waals surface area contributed by atoms with E-state index < -0.39 is 5.91 Å². The number of aryl methyl sites for hydroxylation is 1. The summed E-state index contributed by atoms with van der Waals surface area (Å²) in [5.74, 6) is -0.517. The average molecular weight is 377 g/mol. The van der Waals surface area contributed by atoms with Gasteiger partial charge in [-0.25, -0.2) is 5.48 Å². The van der Waals surface area contributed by atoms with Crippen LogP contribution in [0, 0.1) is 6.92 Å². The molecule has 1 fully saturated rings. The van der Waals surface area contributed by atoms with Crippen molar-refractivity contribution in [3.63, 3.8) is 0 Å². The maximum Gasteiger partial charge on any atom is 0.267 e. The van der Waals surface area contributed by atoms with E-state index in [9.17, 15) is 4.79 Å². The number of carbonyl (C=O) groups excluding carboxylic acids is 1. The van der Waals surface area contributed by atoms with Gasteiger partial charge in [0.2, 0.25) is 0 Å². The fourth-order valence-corrected chi connectivity index (χ4v) is 3.36. The number of benzene rings is 2. The van der Waals surface area contributed by atoms with Crippen molar-refractivity contribution in [2.75, 3.05) is 13.1 Å². The van der Waals surface area contributed by atoms with Gasteiger partial charge in [-0.2, -0.15) is 0 Å². The number of amides is 1. The number of hydrogen-bond acceptors (Lipinski definition) is 3. The van der Waals surface area contributed by atoms with Gasteiger partial charge in [-0.1, -0.05) is 42.5 Å². The Morgan fingerprint density at radius 3 is 2.54 bits per heavy atom. The molecular formula is C23H27N3O2. The number of aromatic nitrogens is 1. The van der Waals surface area contributed by atoms with Crippen LogP contribution in [-0.2, 0) is 11.3 Å². The molecule has 0 atom stereocenters. The first kappa shape index (κ1) is 19.9. The van der Waals surface area contributed by atoms with Crippen LogP contribution in [0.25, 0.3) is 17.0 Å². The number of nitrogens with zero attached hydrogens (tertiary/aromatic N) is 1. The van der Waals surface area contributed by atoms with Crippen LogP contribution in [0.1, 0.15) is 29.5 Å². The van der Waals surface area contributed by atoms with Gasteiger partial charge in [-0.3, -0.25) is 14.9 Å². The summed E-state index contributed by atoms with van der Waals surface area (Å²) >= 11 is 0. The number of aromatic amines is 1. The molecule has 1 amide bonds. The highest BCUT2D eigenvalue weighted by atomic mass is 16.5. The first-order valence-electron chi connectivity index (χ1n) is 9.62. The van der Waals surface area contributed by atoms with Crippen molar-refractivity contribution in [1.29, 1.82) is 0 Å². The molecule has 3 aromatic rings. The maximum absolute atomic E-state index is 10.8. The number of fused-ring (bicyclic) bond motifs is 1. The molecule has 0 radical (unpaired) electrons. The minimum atomic E-state index is -0.517. The van der Waals surface area contributed by atoms with Crippen molar-refractivity contribution in [3.05, 3.63) is 77.5 Å². The molecule has 5 nitrogen and oxygen atoms in total. The van der Waals surface area contributed by atoms with E-state index in [1.807, 2.05) is 24.4 Å². The van der Waals surface area contributed by atoms with Crippen LogP contribution >= 0.6 is 0 Å². The van der Waals surface area contributed by atoms with E-state index in [4.69, 9.17) is 5.21 Å². The molecule has 1 aliphatic rings. The van der Waals surface area contributed by atoms with E-state index >= 15 is 0 Å². The first-order chi connectivity index (χ1) is 13.7. The average Bonchev–Trinajstić information content (AvgIpc) is 3.38. The third kappa shape index (κ3) is 5.55. The second kappa shape index (κ2) is 9.88. The van der Waals surface area contributed by atoms with Crippen molar-refractivity contribution < 1.29 is 10.0 Å². The minimum absolute atomic E-state index is 0.517. The molecule has 0 aliphatic carbocycles. The molecule has 2 heterocycles. The molecule has 0 spiro atoms. The predicted octanol–water partition coefficient (Wildman–Crippen LogP) is 4.28. The summed E-state index contributed by atoms with van der Waals surface area (Å²) in [6.45, 7) is 5.50. The van der Waals surface area contributed by atoms with Crippen molar-refractivity contribution in [1.82, 2.24) is 15.4 Å². The van der Waals surface area contributed by atoms with Gasteiger partial charge in [-0.05, 0) is 61.7 Å². The Balaban J connectivity index is 0.000000188. The number of carbonyl (C=O) groups is 1. The maximum atomic E-state index is 10.8. The lowest BCUT2D eigenvalue weighted by molar-refractivity contribution is -0.124. The number of H-pyrrole nitrogens is 1. The van der Waals surface area contributed by atoms with Crippen LogP contribution in [0.15, 0.2) is 60.8 Å². The normalized spacial score (nSPS) is 14.2. The van der Waals surface area contributed by atoms with Gasteiger partial charge in [0.1, 0.15) is 0 Å². The van der Waals surface area contributed by atoms with Crippen LogP contribution in [0.4, 0.5) is 0 Å². The SMILES string of the molecule is Cc1c[nH]c2ccccc12.O=C(/C=C/c1ccc(CN2CCCC2)cc1)NO. The molecule has 1 aromatic heterocycles. The van der Waals surface area contributed by atoms with Crippen LogP contribution in [0.2, 0.25) is 0 Å². The highest BCUT2D eigenvalue weighted by Crippen LogP contribution is 2.15. The van der Waals surface area contributed by atoms with E-state index in [1.165, 1.54) is 54.0 Å². The summed E-state index contributed by atoms with van der Waals surface area (Å²) in [7, 11) is 0. The zero-order valence-electron chi connectivity index (χ0n) is 16.2. The van der Waals surface area contributed by atoms with Crippen molar-refractivity contribution in [3.8, 4) is 0 Å². The lowest BCUT2D eigenvalue weighted by Gasteiger charge is -2.14. The standard InChI is InChI=1S/C14H18N2O2.C9H9N/c17-14(15-18)8-7-12-3-5-13(6-4-12)11-16-9-1-2-10-16;1-7-6-10-9-5-3-2-4-8(7)9/h3-8,18H,1-2,9-11H2,(H,15,17);2-6,10H,1H3/b8-7+;. The Morgan fingerprint density at radius 2 is 1.86 bits per heavy atom. The smallest absolute Gasteiger partial charge is 0.267 e. The van der Waals surface area contributed by atoms with Gasteiger partial charge in [0.15, 0.2) is 0 Å². The Hall–Kier alpha value is -2.89. The van der Waals surface area contributed by atoms with Gasteiger partial charge < -0.3 is 4.98 Å². The summed E-state index contributed by atoms with van der Waals surface area (Å²) in [6, 6.07) is 16.4. The van der Waals surface area contributed by atoms with Crippen LogP contribution < -0.4 is 5.48 Å². The highest BCUT2D eigenvalue weighted by molar-refractivity contribution is 5.90. The molecule has 1 aliphatic heterocycles. The summed E-state index contributed by atoms with van der Waals surface area (Å²) in [5.41, 5.74) is 6.34. The topological polar surface area (TPSA) is 68.4 Å². The highest BCUT2D eigenvalue weighted by Gasteiger charge is 2.11. The molecular weight excluding hydrogens is 350 g/mol. The molecule has 146 valence electrons. The zero-order chi connectivity index (χ0) is 19.8. The lowest BCUT2D eigenvalue weighted by atomic mass is 10.1. The predicted molar refractivity (Wildman–Crippen MR) is 113 cm³/mol. The summed E-state index contributed by atoms with van der Waals surface area (Å²) < 4.78 is 0. The summed E-state index contributed by atoms with van der Waals surface area (Å²) in [4.78, 5) is 16.5. The number of hydroxylamine groups is 1. The van der Waals surface area contributed by atoms with E-state index in [1.54, 1.807) is 11.6 Å². The molecule has 3 N–H and O–H groups in total. The fourth-order valence-electron chi connectivity index (χ4n) is 3.36. The Kier molecular flexibility index (Phi) is 7.00. The Labute approximate surface area is 165 Å². The molecule has 0 saturated carbocycles. The van der Waals surface area contributed by atoms with Crippen LogP contribution in [-0.4, -0.2) is 34.1 Å². The second-order valence-electron chi connectivity index (χ2n) is 7.05. The van der Waals surface area contributed by atoms with Gasteiger partial charge in [0.25, 0.3) is 5.91 Å². The van der Waals surface area contributed by atoms with E-state index in [0.717, 1.165) is 12.1 Å². The molecule has 5 heteroatoms. The Morgan fingerprint density at radius 1 is 1.14 bits per heavy atom. The molecule has 2 aromatic carbocycles. The van der Waals surface area contributed by atoms with Crippen molar-refractivity contribution in [2.45, 2.75) is 26.3 Å². The monoisotopic (exact) mass is 377 g/mol. The van der Waals surface area contributed by atoms with Gasteiger partial charge in [0.05, 0.1) is 0 Å². The van der Waals surface area contributed by atoms with E-state index in [-0.39, 0.29) is 0 Å². The molecule has 4 rings (SSSR count). The third-order valence-electron chi connectivity index (χ3n) is 4.92. The van der Waals surface area contributed by atoms with Crippen LogP contribution in [0.5, 0.6) is 0 Å². The molecule has 0 bridgehead atoms. The summed E-state index contributed by atoms with van der Waals surface area (Å²) in [6.07, 6.45) is 7.61. The zero-order valence-corrected chi connectivity index (χ0v) is 16.2. The molecule has 28 heavy (non-hydrogen) atoms. The quantitative estimate of drug-likeness (QED) is 0.361. The van der Waals surface area contributed by atoms with Gasteiger partial charge in [-0.15, -0.1) is 0 Å². The Bertz CT molecular complexity index is 922. The number of nitrogens with one attached hydrogen (secondary N) is 2. The number of para-hydroxylation sites is 1.